The van der Waals surface area contributed by atoms with Crippen LogP contribution in [0.25, 0.3) is 0 Å². The van der Waals surface area contributed by atoms with E-state index in [1.54, 1.807) is 0 Å². The molecule has 0 spiro atoms. The average Bonchev–Trinajstić information content (AvgIpc) is 3.11. The van der Waals surface area contributed by atoms with Crippen molar-refractivity contribution in [1.82, 2.24) is 15.1 Å². The number of likely N-dealkylation sites (N-methyl/N-ethyl adjacent to an activating group) is 1. The topological polar surface area (TPSA) is 44.8 Å². The molecule has 0 radical (unpaired) electrons. The van der Waals surface area contributed by atoms with Gasteiger partial charge in [0.05, 0.1) is 19.8 Å². The standard InChI is InChI=1S/C12H23N3O2/c1-14(10-12(16)13-11-2-3-11)4-5-15-6-8-17-9-7-15/h11H,2-10H2,1H3,(H,13,16). The number of morpholine rings is 1. The summed E-state index contributed by atoms with van der Waals surface area (Å²) in [5, 5.41) is 3.01. The Morgan fingerprint density at radius 2 is 2.12 bits per heavy atom. The molecule has 98 valence electrons. The van der Waals surface area contributed by atoms with Crippen molar-refractivity contribution in [3.63, 3.8) is 0 Å². The van der Waals surface area contributed by atoms with Crippen molar-refractivity contribution in [2.24, 2.45) is 0 Å². The Balaban J connectivity index is 1.55. The highest BCUT2D eigenvalue weighted by molar-refractivity contribution is 5.78. The number of amides is 1. The second-order valence-electron chi connectivity index (χ2n) is 5.03. The van der Waals surface area contributed by atoms with E-state index in [1.807, 2.05) is 7.05 Å². The SMILES string of the molecule is CN(CCN1CCOCC1)CC(=O)NC1CC1. The first-order valence-electron chi connectivity index (χ1n) is 6.52. The van der Waals surface area contributed by atoms with Crippen LogP contribution in [-0.2, 0) is 9.53 Å². The molecule has 5 heteroatoms. The second kappa shape index (κ2) is 6.33. The molecule has 0 aromatic carbocycles. The fourth-order valence-electron chi connectivity index (χ4n) is 1.96. The van der Waals surface area contributed by atoms with Gasteiger partial charge in [0, 0.05) is 32.2 Å². The third-order valence-corrected chi connectivity index (χ3v) is 3.26. The Hall–Kier alpha value is -0.650. The largest absolute Gasteiger partial charge is 0.379 e. The van der Waals surface area contributed by atoms with Gasteiger partial charge in [-0.15, -0.1) is 0 Å². The normalized spacial score (nSPS) is 21.8. The summed E-state index contributed by atoms with van der Waals surface area (Å²) >= 11 is 0. The molecule has 1 aliphatic heterocycles. The molecule has 1 amide bonds. The molecule has 2 aliphatic rings. The summed E-state index contributed by atoms with van der Waals surface area (Å²) in [6.45, 7) is 6.19. The molecular weight excluding hydrogens is 218 g/mol. The number of carbonyl (C=O) groups excluding carboxylic acids is 1. The van der Waals surface area contributed by atoms with E-state index in [0.717, 1.165) is 52.2 Å². The smallest absolute Gasteiger partial charge is 0.234 e. The fraction of sp³-hybridized carbons (Fsp3) is 0.917. The molecule has 1 saturated heterocycles. The molecule has 0 unspecified atom stereocenters. The van der Waals surface area contributed by atoms with Gasteiger partial charge in [-0.25, -0.2) is 0 Å². The lowest BCUT2D eigenvalue weighted by Crippen LogP contribution is -2.43. The molecule has 5 nitrogen and oxygen atoms in total. The molecule has 1 saturated carbocycles. The number of nitrogens with zero attached hydrogens (tertiary/aromatic N) is 2. The van der Waals surface area contributed by atoms with Gasteiger partial charge >= 0.3 is 0 Å². The maximum atomic E-state index is 11.6. The van der Waals surface area contributed by atoms with Gasteiger partial charge in [0.25, 0.3) is 0 Å². The van der Waals surface area contributed by atoms with Crippen LogP contribution in [-0.4, -0.2) is 74.7 Å². The molecule has 0 atom stereocenters. The first-order valence-corrected chi connectivity index (χ1v) is 6.52. The Bertz CT molecular complexity index is 250. The Morgan fingerprint density at radius 3 is 2.76 bits per heavy atom. The first-order chi connectivity index (χ1) is 8.24. The summed E-state index contributed by atoms with van der Waals surface area (Å²) < 4.78 is 5.30. The van der Waals surface area contributed by atoms with E-state index < -0.39 is 0 Å². The van der Waals surface area contributed by atoms with Crippen molar-refractivity contribution < 1.29 is 9.53 Å². The molecule has 1 aliphatic carbocycles. The Morgan fingerprint density at radius 1 is 1.41 bits per heavy atom. The van der Waals surface area contributed by atoms with E-state index in [-0.39, 0.29) is 5.91 Å². The van der Waals surface area contributed by atoms with Crippen molar-refractivity contribution >= 4 is 5.91 Å². The van der Waals surface area contributed by atoms with Crippen molar-refractivity contribution in [3.05, 3.63) is 0 Å². The summed E-state index contributed by atoms with van der Waals surface area (Å²) in [6, 6.07) is 0.468. The van der Waals surface area contributed by atoms with Gasteiger partial charge in [0.1, 0.15) is 0 Å². The van der Waals surface area contributed by atoms with Gasteiger partial charge in [-0.2, -0.15) is 0 Å². The van der Waals surface area contributed by atoms with Gasteiger partial charge in [0.15, 0.2) is 0 Å². The monoisotopic (exact) mass is 241 g/mol. The van der Waals surface area contributed by atoms with E-state index in [9.17, 15) is 4.79 Å². The minimum atomic E-state index is 0.164. The number of hydrogen-bond acceptors (Lipinski definition) is 4. The number of carbonyl (C=O) groups is 1. The van der Waals surface area contributed by atoms with Crippen LogP contribution < -0.4 is 5.32 Å². The van der Waals surface area contributed by atoms with Crippen LogP contribution >= 0.6 is 0 Å². The van der Waals surface area contributed by atoms with E-state index in [2.05, 4.69) is 15.1 Å². The fourth-order valence-corrected chi connectivity index (χ4v) is 1.96. The van der Waals surface area contributed by atoms with Crippen molar-refractivity contribution in [2.75, 3.05) is 53.0 Å². The molecule has 17 heavy (non-hydrogen) atoms. The molecule has 0 bridgehead atoms. The molecule has 0 aromatic rings. The zero-order valence-electron chi connectivity index (χ0n) is 10.7. The van der Waals surface area contributed by atoms with Crippen LogP contribution in [0.15, 0.2) is 0 Å². The van der Waals surface area contributed by atoms with E-state index in [0.29, 0.717) is 12.6 Å². The third kappa shape index (κ3) is 5.02. The zero-order valence-corrected chi connectivity index (χ0v) is 10.7. The Kier molecular flexibility index (Phi) is 4.76. The van der Waals surface area contributed by atoms with Gasteiger partial charge in [0.2, 0.25) is 5.91 Å². The van der Waals surface area contributed by atoms with Gasteiger partial charge < -0.3 is 10.1 Å². The van der Waals surface area contributed by atoms with E-state index in [4.69, 9.17) is 4.74 Å². The molecular formula is C12H23N3O2. The lowest BCUT2D eigenvalue weighted by Gasteiger charge is -2.28. The summed E-state index contributed by atoms with van der Waals surface area (Å²) in [6.07, 6.45) is 2.31. The number of ether oxygens (including phenoxy) is 1. The van der Waals surface area contributed by atoms with Crippen LogP contribution in [0.4, 0.5) is 0 Å². The van der Waals surface area contributed by atoms with Crippen LogP contribution in [0.3, 0.4) is 0 Å². The molecule has 1 heterocycles. The number of rotatable bonds is 6. The highest BCUT2D eigenvalue weighted by atomic mass is 16.5. The quantitative estimate of drug-likeness (QED) is 0.683. The maximum absolute atomic E-state index is 11.6. The lowest BCUT2D eigenvalue weighted by molar-refractivity contribution is -0.122. The van der Waals surface area contributed by atoms with Crippen LogP contribution in [0, 0.1) is 0 Å². The summed E-state index contributed by atoms with van der Waals surface area (Å²) in [4.78, 5) is 16.0. The highest BCUT2D eigenvalue weighted by Crippen LogP contribution is 2.18. The van der Waals surface area contributed by atoms with Crippen molar-refractivity contribution in [2.45, 2.75) is 18.9 Å². The van der Waals surface area contributed by atoms with Crippen molar-refractivity contribution in [3.8, 4) is 0 Å². The minimum absolute atomic E-state index is 0.164. The molecule has 1 N–H and O–H groups in total. The zero-order chi connectivity index (χ0) is 12.1. The van der Waals surface area contributed by atoms with Gasteiger partial charge in [-0.1, -0.05) is 0 Å². The molecule has 0 aromatic heterocycles. The third-order valence-electron chi connectivity index (χ3n) is 3.26. The number of nitrogens with one attached hydrogen (secondary N) is 1. The van der Waals surface area contributed by atoms with Gasteiger partial charge in [-0.05, 0) is 19.9 Å². The summed E-state index contributed by atoms with van der Waals surface area (Å²) in [7, 11) is 2.01. The minimum Gasteiger partial charge on any atom is -0.379 e. The number of hydrogen-bond donors (Lipinski definition) is 1. The van der Waals surface area contributed by atoms with Crippen LogP contribution in [0.2, 0.25) is 0 Å². The molecule has 2 rings (SSSR count). The van der Waals surface area contributed by atoms with Crippen LogP contribution in [0.5, 0.6) is 0 Å². The van der Waals surface area contributed by atoms with E-state index in [1.165, 1.54) is 0 Å². The average molecular weight is 241 g/mol. The molecule has 2 fully saturated rings. The van der Waals surface area contributed by atoms with Crippen LogP contribution in [0.1, 0.15) is 12.8 Å². The Labute approximate surface area is 103 Å². The highest BCUT2D eigenvalue weighted by Gasteiger charge is 2.23. The first kappa shape index (κ1) is 12.8. The van der Waals surface area contributed by atoms with Gasteiger partial charge in [-0.3, -0.25) is 14.6 Å². The predicted octanol–water partition coefficient (Wildman–Crippen LogP) is -0.471. The maximum Gasteiger partial charge on any atom is 0.234 e. The predicted molar refractivity (Wildman–Crippen MR) is 65.9 cm³/mol. The summed E-state index contributed by atoms with van der Waals surface area (Å²) in [5.74, 6) is 0.164. The summed E-state index contributed by atoms with van der Waals surface area (Å²) in [5.41, 5.74) is 0. The second-order valence-corrected chi connectivity index (χ2v) is 5.03. The van der Waals surface area contributed by atoms with E-state index >= 15 is 0 Å². The lowest BCUT2D eigenvalue weighted by atomic mass is 10.4. The van der Waals surface area contributed by atoms with Crippen molar-refractivity contribution in [1.29, 1.82) is 0 Å².